The molecule has 3 saturated carbocycles. The maximum absolute atomic E-state index is 16.3. The van der Waals surface area contributed by atoms with Crippen molar-refractivity contribution < 1.29 is 18.7 Å². The van der Waals surface area contributed by atoms with E-state index in [-0.39, 0.29) is 28.4 Å². The molecule has 1 aromatic rings. The molecule has 148 valence electrons. The van der Waals surface area contributed by atoms with E-state index in [1.54, 1.807) is 14.0 Å². The monoisotopic (exact) mass is 382 g/mol. The van der Waals surface area contributed by atoms with E-state index < -0.39 is 23.3 Å². The van der Waals surface area contributed by atoms with Gasteiger partial charge in [0.1, 0.15) is 23.6 Å². The number of Topliss-reactive ketones (excluding diaryl/α,β-unsaturated/α-hetero) is 1. The summed E-state index contributed by atoms with van der Waals surface area (Å²) >= 11 is 0. The van der Waals surface area contributed by atoms with Crippen LogP contribution in [0, 0.1) is 22.7 Å². The van der Waals surface area contributed by atoms with Crippen molar-refractivity contribution in [3.63, 3.8) is 0 Å². The zero-order chi connectivity index (χ0) is 19.5. The summed E-state index contributed by atoms with van der Waals surface area (Å²) in [5.41, 5.74) is -1.24. The number of methoxy groups -OCH3 is 1. The largest absolute Gasteiger partial charge is 0.497 e. The number of ether oxygens (including phenoxy) is 2. The van der Waals surface area contributed by atoms with Gasteiger partial charge in [-0.05, 0) is 42.9 Å². The number of carbonyl (C=O) groups is 1. The number of halogens is 1. The molecular weight excluding hydrogens is 355 g/mol. The van der Waals surface area contributed by atoms with E-state index in [0.717, 1.165) is 37.0 Å². The van der Waals surface area contributed by atoms with Crippen LogP contribution in [0.25, 0.3) is 0 Å². The molecular formula is C24H27FO3. The predicted octanol–water partition coefficient (Wildman–Crippen LogP) is 4.39. The third kappa shape index (κ3) is 1.55. The molecule has 6 rings (SSSR count). The van der Waals surface area contributed by atoms with Crippen molar-refractivity contribution in [1.29, 1.82) is 0 Å². The van der Waals surface area contributed by atoms with Gasteiger partial charge in [0.05, 0.1) is 7.11 Å². The van der Waals surface area contributed by atoms with E-state index in [1.807, 2.05) is 12.1 Å². The summed E-state index contributed by atoms with van der Waals surface area (Å²) in [7, 11) is 1.66. The Kier molecular flexibility index (Phi) is 3.01. The van der Waals surface area contributed by atoms with Gasteiger partial charge in [-0.3, -0.25) is 4.79 Å². The third-order valence-electron chi connectivity index (χ3n) is 9.29. The summed E-state index contributed by atoms with van der Waals surface area (Å²) in [6.45, 7) is 4.02. The number of carbonyl (C=O) groups excluding carboxylic acids is 1. The van der Waals surface area contributed by atoms with Crippen LogP contribution in [0.2, 0.25) is 0 Å². The highest BCUT2D eigenvalue weighted by Gasteiger charge is 2.85. The summed E-state index contributed by atoms with van der Waals surface area (Å²) < 4.78 is 27.3. The zero-order valence-electron chi connectivity index (χ0n) is 16.7. The van der Waals surface area contributed by atoms with Crippen LogP contribution in [0.1, 0.15) is 45.1 Å². The average molecular weight is 382 g/mol. The Labute approximate surface area is 165 Å². The van der Waals surface area contributed by atoms with Gasteiger partial charge in [-0.25, -0.2) is 4.39 Å². The second-order valence-corrected chi connectivity index (χ2v) is 10.00. The fourth-order valence-electron chi connectivity index (χ4n) is 8.13. The number of hydrogen-bond donors (Lipinski definition) is 0. The topological polar surface area (TPSA) is 38.8 Å². The van der Waals surface area contributed by atoms with Crippen molar-refractivity contribution in [3.8, 4) is 5.75 Å². The molecule has 4 fully saturated rings. The first kappa shape index (κ1) is 17.2. The molecule has 0 unspecified atom stereocenters. The van der Waals surface area contributed by atoms with Crippen LogP contribution in [0.3, 0.4) is 0 Å². The third-order valence-corrected chi connectivity index (χ3v) is 9.29. The zero-order valence-corrected chi connectivity index (χ0v) is 16.7. The van der Waals surface area contributed by atoms with Crippen LogP contribution < -0.4 is 4.74 Å². The molecule has 0 spiro atoms. The Balaban J connectivity index is 1.63. The lowest BCUT2D eigenvalue weighted by Crippen LogP contribution is -2.56. The molecule has 0 N–H and O–H groups in total. The number of allylic oxidation sites excluding steroid dienone is 2. The van der Waals surface area contributed by atoms with E-state index in [1.165, 1.54) is 0 Å². The lowest BCUT2D eigenvalue weighted by atomic mass is 9.52. The normalized spacial score (nSPS) is 52.8. The maximum Gasteiger partial charge on any atom is 0.169 e. The number of epoxide rings is 1. The van der Waals surface area contributed by atoms with Gasteiger partial charge in [0.25, 0.3) is 0 Å². The second-order valence-electron chi connectivity index (χ2n) is 10.00. The van der Waals surface area contributed by atoms with Gasteiger partial charge < -0.3 is 9.47 Å². The van der Waals surface area contributed by atoms with Gasteiger partial charge in [-0.15, -0.1) is 0 Å². The molecule has 4 aliphatic carbocycles. The lowest BCUT2D eigenvalue weighted by Gasteiger charge is -2.51. The molecule has 0 radical (unpaired) electrons. The Bertz CT molecular complexity index is 905. The summed E-state index contributed by atoms with van der Waals surface area (Å²) in [5, 5.41) is 0. The van der Waals surface area contributed by atoms with E-state index in [9.17, 15) is 4.79 Å². The Hall–Kier alpha value is -1.68. The molecule has 4 heteroatoms. The summed E-state index contributed by atoms with van der Waals surface area (Å²) in [4.78, 5) is 13.6. The van der Waals surface area contributed by atoms with E-state index in [4.69, 9.17) is 9.47 Å². The van der Waals surface area contributed by atoms with Crippen LogP contribution in [-0.4, -0.2) is 30.8 Å². The number of ketones is 1. The minimum absolute atomic E-state index is 0.125. The standard InChI is InChI=1S/C24H27FO3/c1-21-10-4-5-11-23(21)12-13-24(21,14-6-8-15(27-3)9-7-14)16-17(26)18-20(28-18)22(2,25)19(16)23/h6-9,12-13,16,18-20H,4-5,10-11H2,1-3H3/t16-,18-,19-,20-,21+,22-,23+,24+/m0/s1. The van der Waals surface area contributed by atoms with Crippen molar-refractivity contribution in [3.05, 3.63) is 42.0 Å². The van der Waals surface area contributed by atoms with E-state index in [2.05, 4.69) is 31.2 Å². The van der Waals surface area contributed by atoms with Gasteiger partial charge >= 0.3 is 0 Å². The van der Waals surface area contributed by atoms with Crippen LogP contribution in [0.15, 0.2) is 36.4 Å². The molecule has 5 aliphatic rings. The lowest BCUT2D eigenvalue weighted by molar-refractivity contribution is -0.133. The van der Waals surface area contributed by atoms with Crippen LogP contribution in [-0.2, 0) is 14.9 Å². The molecule has 0 aromatic heterocycles. The van der Waals surface area contributed by atoms with Crippen molar-refractivity contribution in [1.82, 2.24) is 0 Å². The molecule has 1 heterocycles. The number of benzene rings is 1. The van der Waals surface area contributed by atoms with Crippen molar-refractivity contribution in [2.24, 2.45) is 22.7 Å². The summed E-state index contributed by atoms with van der Waals surface area (Å²) in [6.07, 6.45) is 7.69. The fourth-order valence-corrected chi connectivity index (χ4v) is 8.13. The van der Waals surface area contributed by atoms with E-state index in [0.29, 0.717) is 0 Å². The first-order chi connectivity index (χ1) is 13.3. The molecule has 2 bridgehead atoms. The van der Waals surface area contributed by atoms with Crippen molar-refractivity contribution in [2.75, 3.05) is 7.11 Å². The van der Waals surface area contributed by atoms with Gasteiger partial charge in [0, 0.05) is 22.7 Å². The molecule has 3 nitrogen and oxygen atoms in total. The minimum Gasteiger partial charge on any atom is -0.497 e. The molecule has 8 atom stereocenters. The smallest absolute Gasteiger partial charge is 0.169 e. The first-order valence-corrected chi connectivity index (χ1v) is 10.6. The fraction of sp³-hybridized carbons (Fsp3) is 0.625. The second kappa shape index (κ2) is 4.89. The van der Waals surface area contributed by atoms with Crippen molar-refractivity contribution >= 4 is 5.78 Å². The van der Waals surface area contributed by atoms with Gasteiger partial charge in [-0.2, -0.15) is 0 Å². The number of alkyl halides is 1. The molecule has 0 amide bonds. The molecule has 1 saturated heterocycles. The predicted molar refractivity (Wildman–Crippen MR) is 103 cm³/mol. The van der Waals surface area contributed by atoms with Crippen molar-refractivity contribution in [2.45, 2.75) is 62.8 Å². The summed E-state index contributed by atoms with van der Waals surface area (Å²) in [5.74, 6) is 0.259. The first-order valence-electron chi connectivity index (χ1n) is 10.6. The highest BCUT2D eigenvalue weighted by molar-refractivity contribution is 5.93. The SMILES string of the molecule is COc1ccc([C@@]23C=C[C@]4(CCCC[C@]42C)[C@H]2[C@@H]3C(=O)[C@@H]3O[C@@H]3[C@@]2(C)F)cc1. The Morgan fingerprint density at radius 2 is 1.82 bits per heavy atom. The minimum atomic E-state index is -1.47. The van der Waals surface area contributed by atoms with Gasteiger partial charge in [0.15, 0.2) is 5.78 Å². The van der Waals surface area contributed by atoms with Gasteiger partial charge in [-0.1, -0.05) is 44.1 Å². The Morgan fingerprint density at radius 3 is 2.54 bits per heavy atom. The maximum atomic E-state index is 16.3. The highest BCUT2D eigenvalue weighted by Crippen LogP contribution is 2.82. The number of hydrogen-bond acceptors (Lipinski definition) is 3. The Morgan fingerprint density at radius 1 is 1.11 bits per heavy atom. The quantitative estimate of drug-likeness (QED) is 0.562. The highest BCUT2D eigenvalue weighted by atomic mass is 19.1. The molecule has 1 aromatic carbocycles. The van der Waals surface area contributed by atoms with E-state index >= 15 is 4.39 Å². The average Bonchev–Trinajstić information content (AvgIpc) is 3.43. The molecule has 1 aliphatic heterocycles. The van der Waals surface area contributed by atoms with Crippen LogP contribution in [0.4, 0.5) is 4.39 Å². The van der Waals surface area contributed by atoms with Gasteiger partial charge in [0.2, 0.25) is 0 Å². The van der Waals surface area contributed by atoms with Crippen LogP contribution >= 0.6 is 0 Å². The molecule has 28 heavy (non-hydrogen) atoms. The van der Waals surface area contributed by atoms with Crippen LogP contribution in [0.5, 0.6) is 5.75 Å². The number of rotatable bonds is 2. The number of fused-ring (bicyclic) bond motifs is 3. The summed E-state index contributed by atoms with van der Waals surface area (Å²) in [6, 6.07) is 8.11.